The number of benzene rings is 2. The third-order valence-electron chi connectivity index (χ3n) is 6.88. The molecule has 3 aromatic rings. The van der Waals surface area contributed by atoms with E-state index in [1.807, 2.05) is 19.9 Å². The van der Waals surface area contributed by atoms with Crippen LogP contribution in [0.25, 0.3) is 23.1 Å². The molecule has 2 heteroatoms. The molecule has 0 aliphatic heterocycles. The third kappa shape index (κ3) is 10.8. The van der Waals surface area contributed by atoms with Gasteiger partial charge >= 0.3 is 0 Å². The van der Waals surface area contributed by atoms with Gasteiger partial charge in [-0.3, -0.25) is 0 Å². The van der Waals surface area contributed by atoms with Crippen molar-refractivity contribution in [2.75, 3.05) is 0 Å². The summed E-state index contributed by atoms with van der Waals surface area (Å²) >= 11 is 0. The van der Waals surface area contributed by atoms with Gasteiger partial charge in [-0.05, 0) is 104 Å². The molecule has 1 aromatic heterocycles. The summed E-state index contributed by atoms with van der Waals surface area (Å²) in [5.41, 5.74) is 7.40. The zero-order valence-corrected chi connectivity index (χ0v) is 25.3. The highest BCUT2D eigenvalue weighted by Gasteiger charge is 2.30. The summed E-state index contributed by atoms with van der Waals surface area (Å²) in [5, 5.41) is 11.5. The van der Waals surface area contributed by atoms with Crippen LogP contribution in [0.1, 0.15) is 89.6 Å². The molecule has 208 valence electrons. The van der Waals surface area contributed by atoms with Gasteiger partial charge < -0.3 is 5.11 Å². The molecule has 0 bridgehead atoms. The Bertz CT molecular complexity index is 1290. The van der Waals surface area contributed by atoms with E-state index in [0.29, 0.717) is 0 Å². The number of aliphatic hydroxyl groups is 1. The van der Waals surface area contributed by atoms with E-state index in [0.717, 1.165) is 58.0 Å². The molecule has 1 saturated carbocycles. The molecular weight excluding hydrogens is 474 g/mol. The quantitative estimate of drug-likeness (QED) is 0.283. The molecule has 2 nitrogen and oxygen atoms in total. The summed E-state index contributed by atoms with van der Waals surface area (Å²) in [4.78, 5) is 4.77. The van der Waals surface area contributed by atoms with E-state index in [9.17, 15) is 5.11 Å². The summed E-state index contributed by atoms with van der Waals surface area (Å²) in [6, 6.07) is 19.1. The molecule has 0 saturated heterocycles. The molecule has 39 heavy (non-hydrogen) atoms. The van der Waals surface area contributed by atoms with Crippen LogP contribution in [0.2, 0.25) is 0 Å². The van der Waals surface area contributed by atoms with Gasteiger partial charge in [0.05, 0.1) is 16.8 Å². The Morgan fingerprint density at radius 3 is 2.23 bits per heavy atom. The van der Waals surface area contributed by atoms with Gasteiger partial charge in [-0.25, -0.2) is 4.98 Å². The fourth-order valence-corrected chi connectivity index (χ4v) is 4.22. The summed E-state index contributed by atoms with van der Waals surface area (Å²) in [5.74, 6) is 0. The molecule has 2 aromatic carbocycles. The fourth-order valence-electron chi connectivity index (χ4n) is 4.22. The Morgan fingerprint density at radius 1 is 0.974 bits per heavy atom. The van der Waals surface area contributed by atoms with Crippen LogP contribution in [-0.2, 0) is 6.42 Å². The van der Waals surface area contributed by atoms with Crippen molar-refractivity contribution in [1.29, 1.82) is 0 Å². The summed E-state index contributed by atoms with van der Waals surface area (Å²) < 4.78 is 0. The molecule has 1 aliphatic carbocycles. The standard InChI is InChI=1S/C30H33NO.C5H10.C2H6/c1-6-25(28(7-2)30(4,5)32)13-9-12-23-10-8-11-24(21-23)15-18-27-19-17-26-16-14-22(3)20-29(26)31-27;1-5(2)3-4-5;1-2/h6-8,10-11,14-21,32H,1-2,9,12-13H2,3-5H3;3-4H2,1-2H3;1-2H3/b18-15+,28-25-;;. The normalized spacial score (nSPS) is 14.5. The molecular formula is C37H49NO. The van der Waals surface area contributed by atoms with Crippen molar-refractivity contribution in [2.24, 2.45) is 5.41 Å². The molecule has 0 atom stereocenters. The van der Waals surface area contributed by atoms with E-state index >= 15 is 0 Å². The van der Waals surface area contributed by atoms with Crippen LogP contribution >= 0.6 is 0 Å². The maximum Gasteiger partial charge on any atom is 0.0842 e. The largest absolute Gasteiger partial charge is 0.386 e. The molecule has 1 aliphatic rings. The number of nitrogens with zero attached hydrogens (tertiary/aromatic N) is 1. The van der Waals surface area contributed by atoms with Crippen molar-refractivity contribution in [2.45, 2.75) is 86.2 Å². The minimum atomic E-state index is -0.911. The molecule has 1 N–H and O–H groups in total. The van der Waals surface area contributed by atoms with Gasteiger partial charge in [-0.1, -0.05) is 102 Å². The van der Waals surface area contributed by atoms with E-state index < -0.39 is 5.60 Å². The van der Waals surface area contributed by atoms with Gasteiger partial charge in [0, 0.05) is 5.39 Å². The number of hydrogen-bond acceptors (Lipinski definition) is 2. The summed E-state index contributed by atoms with van der Waals surface area (Å²) in [7, 11) is 0. The first-order valence-corrected chi connectivity index (χ1v) is 14.4. The van der Waals surface area contributed by atoms with Crippen molar-refractivity contribution in [3.8, 4) is 0 Å². The van der Waals surface area contributed by atoms with Crippen molar-refractivity contribution < 1.29 is 5.11 Å². The number of fused-ring (bicyclic) bond motifs is 1. The SMILES string of the molecule is C=C/C(CCCc1cccc(/C=C/c2ccc3ccc(C)cc3n2)c1)=C(\C=C)C(C)(C)O.CC.CC1(C)CC1. The van der Waals surface area contributed by atoms with Crippen LogP contribution in [0.3, 0.4) is 0 Å². The van der Waals surface area contributed by atoms with Crippen molar-refractivity contribution in [3.05, 3.63) is 113 Å². The Labute approximate surface area is 237 Å². The second-order valence-electron chi connectivity index (χ2n) is 11.4. The van der Waals surface area contributed by atoms with Gasteiger partial charge in [0.25, 0.3) is 0 Å². The minimum Gasteiger partial charge on any atom is -0.386 e. The zero-order chi connectivity index (χ0) is 29.1. The first-order valence-electron chi connectivity index (χ1n) is 14.4. The number of hydrogen-bond donors (Lipinski definition) is 1. The number of aromatic nitrogens is 1. The molecule has 1 heterocycles. The van der Waals surface area contributed by atoms with Crippen LogP contribution in [0, 0.1) is 12.3 Å². The highest BCUT2D eigenvalue weighted by atomic mass is 16.3. The molecule has 4 rings (SSSR count). The van der Waals surface area contributed by atoms with Gasteiger partial charge in [-0.2, -0.15) is 0 Å². The Hall–Kier alpha value is -3.23. The number of rotatable bonds is 9. The van der Waals surface area contributed by atoms with Crippen molar-refractivity contribution in [1.82, 2.24) is 4.98 Å². The maximum atomic E-state index is 10.4. The average molecular weight is 524 g/mol. The Kier molecular flexibility index (Phi) is 12.1. The van der Waals surface area contributed by atoms with Gasteiger partial charge in [0.15, 0.2) is 0 Å². The second-order valence-corrected chi connectivity index (χ2v) is 11.4. The van der Waals surface area contributed by atoms with Crippen LogP contribution in [0.15, 0.2) is 91.1 Å². The highest BCUT2D eigenvalue weighted by molar-refractivity contribution is 5.81. The third-order valence-corrected chi connectivity index (χ3v) is 6.88. The molecule has 0 unspecified atom stereocenters. The van der Waals surface area contributed by atoms with Crippen molar-refractivity contribution in [3.63, 3.8) is 0 Å². The smallest absolute Gasteiger partial charge is 0.0842 e. The second kappa shape index (κ2) is 14.8. The monoisotopic (exact) mass is 523 g/mol. The van der Waals surface area contributed by atoms with E-state index in [-0.39, 0.29) is 0 Å². The van der Waals surface area contributed by atoms with Crippen molar-refractivity contribution >= 4 is 23.1 Å². The zero-order valence-electron chi connectivity index (χ0n) is 25.3. The molecule has 0 spiro atoms. The lowest BCUT2D eigenvalue weighted by atomic mass is 9.90. The number of aryl methyl sites for hydroxylation is 2. The van der Waals surface area contributed by atoms with Gasteiger partial charge in [0.2, 0.25) is 0 Å². The highest BCUT2D eigenvalue weighted by Crippen LogP contribution is 2.43. The molecule has 1 fully saturated rings. The van der Waals surface area contributed by atoms with Crippen LogP contribution < -0.4 is 0 Å². The summed E-state index contributed by atoms with van der Waals surface area (Å²) in [6.45, 7) is 22.0. The van der Waals surface area contributed by atoms with E-state index in [2.05, 4.69) is 101 Å². The van der Waals surface area contributed by atoms with Gasteiger partial charge in [-0.15, -0.1) is 0 Å². The molecule has 0 amide bonds. The molecule has 0 radical (unpaired) electrons. The van der Waals surface area contributed by atoms with Crippen LogP contribution in [0.4, 0.5) is 0 Å². The van der Waals surface area contributed by atoms with Crippen LogP contribution in [0.5, 0.6) is 0 Å². The predicted molar refractivity (Wildman–Crippen MR) is 173 cm³/mol. The van der Waals surface area contributed by atoms with Gasteiger partial charge in [0.1, 0.15) is 0 Å². The maximum absolute atomic E-state index is 10.4. The topological polar surface area (TPSA) is 33.1 Å². The Morgan fingerprint density at radius 2 is 1.64 bits per heavy atom. The first-order chi connectivity index (χ1) is 18.5. The first kappa shape index (κ1) is 32.0. The fraction of sp³-hybridized carbons (Fsp3) is 0.378. The number of allylic oxidation sites excluding steroid dienone is 2. The van der Waals surface area contributed by atoms with E-state index in [1.165, 1.54) is 24.0 Å². The minimum absolute atomic E-state index is 0.750. The predicted octanol–water partition coefficient (Wildman–Crippen LogP) is 10.3. The van der Waals surface area contributed by atoms with E-state index in [4.69, 9.17) is 4.98 Å². The lowest BCUT2D eigenvalue weighted by Gasteiger charge is -2.22. The lowest BCUT2D eigenvalue weighted by Crippen LogP contribution is -2.22. The van der Waals surface area contributed by atoms with Crippen LogP contribution in [-0.4, -0.2) is 15.7 Å². The Balaban J connectivity index is 0.000000671. The van der Waals surface area contributed by atoms with E-state index in [1.54, 1.807) is 19.9 Å². The lowest BCUT2D eigenvalue weighted by molar-refractivity contribution is 0.122. The average Bonchev–Trinajstić information content (AvgIpc) is 3.61. The number of pyridine rings is 1. The summed E-state index contributed by atoms with van der Waals surface area (Å²) in [6.07, 6.45) is 13.5.